The molecule has 1 atom stereocenters. The Morgan fingerprint density at radius 2 is 1.68 bits per heavy atom. The highest BCUT2D eigenvalue weighted by atomic mass is 35.5. The van der Waals surface area contributed by atoms with Gasteiger partial charge in [-0.2, -0.15) is 0 Å². The van der Waals surface area contributed by atoms with Crippen LogP contribution in [0.1, 0.15) is 0 Å². The fraction of sp³-hybridized carbons (Fsp3) is 0.125. The molecule has 0 fully saturated rings. The second-order valence-electron chi connectivity index (χ2n) is 5.02. The second kappa shape index (κ2) is 5.44. The molecule has 2 N–H and O–H groups in total. The Bertz CT molecular complexity index is 748. The standard InChI is InChI=1S/C16H14ClN3O2/c1-19-12-8-7-10(17)9-13(12)20(11-5-3-2-4-6-11)16(22)14(18)15(19)21/h2-9,14H,18H2,1H3. The van der Waals surface area contributed by atoms with Crippen molar-refractivity contribution in [2.24, 2.45) is 5.73 Å². The monoisotopic (exact) mass is 315 g/mol. The second-order valence-corrected chi connectivity index (χ2v) is 5.45. The number of para-hydroxylation sites is 1. The molecular weight excluding hydrogens is 302 g/mol. The molecule has 1 aliphatic rings. The van der Waals surface area contributed by atoms with Crippen LogP contribution >= 0.6 is 11.6 Å². The number of nitrogens with zero attached hydrogens (tertiary/aromatic N) is 2. The normalized spacial score (nSPS) is 18.2. The molecule has 0 radical (unpaired) electrons. The topological polar surface area (TPSA) is 66.6 Å². The Balaban J connectivity index is 2.27. The third-order valence-electron chi connectivity index (χ3n) is 3.64. The van der Waals surface area contributed by atoms with E-state index in [0.29, 0.717) is 22.1 Å². The van der Waals surface area contributed by atoms with Gasteiger partial charge in [-0.3, -0.25) is 14.5 Å². The van der Waals surface area contributed by atoms with Crippen LogP contribution in [0.15, 0.2) is 48.5 Å². The largest absolute Gasteiger partial charge is 0.312 e. The Hall–Kier alpha value is -2.37. The molecule has 0 bridgehead atoms. The van der Waals surface area contributed by atoms with Gasteiger partial charge in [0.2, 0.25) is 0 Å². The van der Waals surface area contributed by atoms with E-state index in [-0.39, 0.29) is 0 Å². The Kier molecular flexibility index (Phi) is 3.60. The highest BCUT2D eigenvalue weighted by molar-refractivity contribution is 6.31. The summed E-state index contributed by atoms with van der Waals surface area (Å²) in [5, 5.41) is 0.476. The van der Waals surface area contributed by atoms with Crippen LogP contribution in [0.2, 0.25) is 5.02 Å². The van der Waals surface area contributed by atoms with Gasteiger partial charge in [0, 0.05) is 17.8 Å². The SMILES string of the molecule is CN1C(=O)C(N)C(=O)N(c2ccccc2)c2cc(Cl)ccc21. The van der Waals surface area contributed by atoms with Crippen LogP contribution < -0.4 is 15.5 Å². The number of hydrogen-bond acceptors (Lipinski definition) is 3. The predicted molar refractivity (Wildman–Crippen MR) is 86.4 cm³/mol. The summed E-state index contributed by atoms with van der Waals surface area (Å²) in [5.74, 6) is -0.934. The number of rotatable bonds is 1. The van der Waals surface area contributed by atoms with Crippen LogP contribution in [-0.2, 0) is 9.59 Å². The summed E-state index contributed by atoms with van der Waals surface area (Å²) in [6, 6.07) is 12.8. The van der Waals surface area contributed by atoms with E-state index in [9.17, 15) is 9.59 Å². The lowest BCUT2D eigenvalue weighted by molar-refractivity contribution is -0.127. The minimum atomic E-state index is -1.25. The summed E-state index contributed by atoms with van der Waals surface area (Å²) in [6.45, 7) is 0. The zero-order valence-corrected chi connectivity index (χ0v) is 12.6. The van der Waals surface area contributed by atoms with Crippen molar-refractivity contribution in [1.82, 2.24) is 0 Å². The first kappa shape index (κ1) is 14.6. The maximum absolute atomic E-state index is 12.7. The third kappa shape index (κ3) is 2.24. The van der Waals surface area contributed by atoms with Gasteiger partial charge >= 0.3 is 0 Å². The van der Waals surface area contributed by atoms with Crippen molar-refractivity contribution >= 4 is 40.5 Å². The maximum atomic E-state index is 12.7. The molecule has 1 heterocycles. The molecule has 0 saturated heterocycles. The molecule has 112 valence electrons. The first-order valence-corrected chi connectivity index (χ1v) is 7.10. The lowest BCUT2D eigenvalue weighted by Gasteiger charge is -2.24. The van der Waals surface area contributed by atoms with Crippen LogP contribution in [0.5, 0.6) is 0 Å². The average molecular weight is 316 g/mol. The van der Waals surface area contributed by atoms with Crippen molar-refractivity contribution in [2.75, 3.05) is 16.8 Å². The molecule has 2 aromatic carbocycles. The minimum Gasteiger partial charge on any atom is -0.312 e. The van der Waals surface area contributed by atoms with Gasteiger partial charge in [-0.1, -0.05) is 29.8 Å². The number of benzene rings is 2. The Morgan fingerprint density at radius 3 is 2.36 bits per heavy atom. The van der Waals surface area contributed by atoms with Gasteiger partial charge < -0.3 is 10.6 Å². The summed E-state index contributed by atoms with van der Waals surface area (Å²) in [7, 11) is 1.59. The van der Waals surface area contributed by atoms with Crippen molar-refractivity contribution < 1.29 is 9.59 Å². The van der Waals surface area contributed by atoms with E-state index in [0.717, 1.165) is 0 Å². The van der Waals surface area contributed by atoms with Crippen molar-refractivity contribution in [1.29, 1.82) is 0 Å². The molecule has 1 aliphatic heterocycles. The van der Waals surface area contributed by atoms with Gasteiger partial charge in [-0.15, -0.1) is 0 Å². The highest BCUT2D eigenvalue weighted by Crippen LogP contribution is 2.38. The van der Waals surface area contributed by atoms with E-state index in [1.54, 1.807) is 37.4 Å². The molecule has 5 nitrogen and oxygen atoms in total. The molecule has 0 saturated carbocycles. The van der Waals surface area contributed by atoms with Crippen molar-refractivity contribution in [3.63, 3.8) is 0 Å². The van der Waals surface area contributed by atoms with Crippen molar-refractivity contribution in [3.8, 4) is 0 Å². The van der Waals surface area contributed by atoms with Gasteiger partial charge in [-0.05, 0) is 30.3 Å². The quantitative estimate of drug-likeness (QED) is 0.821. The minimum absolute atomic E-state index is 0.452. The summed E-state index contributed by atoms with van der Waals surface area (Å²) < 4.78 is 0. The molecular formula is C16H14ClN3O2. The maximum Gasteiger partial charge on any atom is 0.258 e. The summed E-state index contributed by atoms with van der Waals surface area (Å²) in [4.78, 5) is 27.8. The number of halogens is 1. The van der Waals surface area contributed by atoms with Crippen molar-refractivity contribution in [2.45, 2.75) is 6.04 Å². The number of likely N-dealkylation sites (N-methyl/N-ethyl adjacent to an activating group) is 1. The van der Waals surface area contributed by atoms with Gasteiger partial charge in [0.25, 0.3) is 11.8 Å². The Morgan fingerprint density at radius 1 is 1.00 bits per heavy atom. The lowest BCUT2D eigenvalue weighted by Crippen LogP contribution is -2.49. The zero-order valence-electron chi connectivity index (χ0n) is 11.9. The summed E-state index contributed by atoms with van der Waals surface area (Å²) in [5.41, 5.74) is 7.59. The number of amides is 2. The molecule has 1 unspecified atom stereocenters. The highest BCUT2D eigenvalue weighted by Gasteiger charge is 2.37. The van der Waals surface area contributed by atoms with Crippen LogP contribution in [0.4, 0.5) is 17.1 Å². The van der Waals surface area contributed by atoms with Gasteiger partial charge in [0.15, 0.2) is 6.04 Å². The fourth-order valence-electron chi connectivity index (χ4n) is 2.49. The first-order valence-electron chi connectivity index (χ1n) is 6.72. The molecule has 2 amide bonds. The smallest absolute Gasteiger partial charge is 0.258 e. The number of hydrogen-bond donors (Lipinski definition) is 1. The molecule has 22 heavy (non-hydrogen) atoms. The van der Waals surface area contributed by atoms with E-state index in [1.807, 2.05) is 18.2 Å². The van der Waals surface area contributed by atoms with E-state index in [2.05, 4.69) is 0 Å². The number of carbonyl (C=O) groups excluding carboxylic acids is 2. The fourth-order valence-corrected chi connectivity index (χ4v) is 2.66. The molecule has 0 aliphatic carbocycles. The third-order valence-corrected chi connectivity index (χ3v) is 3.87. The zero-order chi connectivity index (χ0) is 15.9. The number of fused-ring (bicyclic) bond motifs is 1. The molecule has 0 aromatic heterocycles. The summed E-state index contributed by atoms with van der Waals surface area (Å²) >= 11 is 6.08. The Labute approximate surface area is 132 Å². The van der Waals surface area contributed by atoms with E-state index in [1.165, 1.54) is 9.80 Å². The van der Waals surface area contributed by atoms with Gasteiger partial charge in [-0.25, -0.2) is 0 Å². The number of carbonyl (C=O) groups is 2. The van der Waals surface area contributed by atoms with Gasteiger partial charge in [0.05, 0.1) is 11.4 Å². The summed E-state index contributed by atoms with van der Waals surface area (Å²) in [6.07, 6.45) is 0. The number of nitrogens with two attached hydrogens (primary N) is 1. The number of anilines is 3. The van der Waals surface area contributed by atoms with E-state index < -0.39 is 17.9 Å². The average Bonchev–Trinajstić information content (AvgIpc) is 2.59. The van der Waals surface area contributed by atoms with Gasteiger partial charge in [0.1, 0.15) is 0 Å². The van der Waals surface area contributed by atoms with Crippen LogP contribution in [0, 0.1) is 0 Å². The van der Waals surface area contributed by atoms with Crippen LogP contribution in [0.25, 0.3) is 0 Å². The predicted octanol–water partition coefficient (Wildman–Crippen LogP) is 2.31. The van der Waals surface area contributed by atoms with E-state index in [4.69, 9.17) is 17.3 Å². The molecule has 6 heteroatoms. The first-order chi connectivity index (χ1) is 10.5. The van der Waals surface area contributed by atoms with Crippen LogP contribution in [0.3, 0.4) is 0 Å². The van der Waals surface area contributed by atoms with E-state index >= 15 is 0 Å². The van der Waals surface area contributed by atoms with Crippen LogP contribution in [-0.4, -0.2) is 24.9 Å². The molecule has 2 aromatic rings. The lowest BCUT2D eigenvalue weighted by atomic mass is 10.2. The molecule has 3 rings (SSSR count). The molecule has 0 spiro atoms. The van der Waals surface area contributed by atoms with Crippen molar-refractivity contribution in [3.05, 3.63) is 53.6 Å².